The first kappa shape index (κ1) is 17.5. The van der Waals surface area contributed by atoms with Crippen LogP contribution in [-0.2, 0) is 6.42 Å². The van der Waals surface area contributed by atoms with Crippen molar-refractivity contribution >= 4 is 11.6 Å². The van der Waals surface area contributed by atoms with Crippen LogP contribution in [0.1, 0.15) is 52.0 Å². The summed E-state index contributed by atoms with van der Waals surface area (Å²) in [6, 6.07) is 5.12. The predicted octanol–water partition coefficient (Wildman–Crippen LogP) is 5.22. The van der Waals surface area contributed by atoms with Crippen LogP contribution in [0.3, 0.4) is 0 Å². The van der Waals surface area contributed by atoms with Gasteiger partial charge in [-0.3, -0.25) is 0 Å². The van der Waals surface area contributed by atoms with Crippen LogP contribution in [-0.4, -0.2) is 13.1 Å². The van der Waals surface area contributed by atoms with Gasteiger partial charge in [0.05, 0.1) is 5.02 Å². The molecule has 0 bridgehead atoms. The van der Waals surface area contributed by atoms with E-state index in [9.17, 15) is 4.39 Å². The second-order valence-corrected chi connectivity index (χ2v) is 6.07. The SMILES string of the molecule is CCCCC(CC)(CNCC)Cc1ccc(F)c(Cl)c1. The van der Waals surface area contributed by atoms with E-state index in [1.807, 2.05) is 6.07 Å². The molecule has 0 spiro atoms. The van der Waals surface area contributed by atoms with E-state index in [2.05, 4.69) is 26.1 Å². The van der Waals surface area contributed by atoms with Gasteiger partial charge in [0.2, 0.25) is 0 Å². The maximum Gasteiger partial charge on any atom is 0.141 e. The first-order chi connectivity index (χ1) is 9.56. The standard InChI is InChI=1S/C17H27ClFN/c1-4-7-10-17(5-2,13-20-6-3)12-14-8-9-16(19)15(18)11-14/h8-9,11,20H,4-7,10,12-13H2,1-3H3. The van der Waals surface area contributed by atoms with Gasteiger partial charge in [-0.2, -0.15) is 0 Å². The number of halogens is 2. The Morgan fingerprint density at radius 2 is 2.00 bits per heavy atom. The summed E-state index contributed by atoms with van der Waals surface area (Å²) >= 11 is 5.90. The zero-order valence-corrected chi connectivity index (χ0v) is 13.7. The highest BCUT2D eigenvalue weighted by molar-refractivity contribution is 6.30. The summed E-state index contributed by atoms with van der Waals surface area (Å²) in [7, 11) is 0. The Hall–Kier alpha value is -0.600. The van der Waals surface area contributed by atoms with Crippen LogP contribution in [0, 0.1) is 11.2 Å². The van der Waals surface area contributed by atoms with Gasteiger partial charge >= 0.3 is 0 Å². The van der Waals surface area contributed by atoms with Gasteiger partial charge in [0.1, 0.15) is 5.82 Å². The first-order valence-corrected chi connectivity index (χ1v) is 8.09. The lowest BCUT2D eigenvalue weighted by atomic mass is 9.75. The van der Waals surface area contributed by atoms with E-state index >= 15 is 0 Å². The van der Waals surface area contributed by atoms with E-state index in [1.165, 1.54) is 25.3 Å². The lowest BCUT2D eigenvalue weighted by molar-refractivity contribution is 0.231. The maximum atomic E-state index is 13.3. The van der Waals surface area contributed by atoms with Crippen LogP contribution in [0.25, 0.3) is 0 Å². The Morgan fingerprint density at radius 1 is 1.25 bits per heavy atom. The summed E-state index contributed by atoms with van der Waals surface area (Å²) in [6.45, 7) is 8.60. The molecule has 0 aromatic heterocycles. The first-order valence-electron chi connectivity index (χ1n) is 7.71. The molecule has 0 aliphatic heterocycles. The minimum Gasteiger partial charge on any atom is -0.316 e. The smallest absolute Gasteiger partial charge is 0.141 e. The van der Waals surface area contributed by atoms with E-state index in [4.69, 9.17) is 11.6 Å². The average Bonchev–Trinajstić information content (AvgIpc) is 2.46. The Morgan fingerprint density at radius 3 is 2.55 bits per heavy atom. The molecule has 0 aliphatic carbocycles. The second-order valence-electron chi connectivity index (χ2n) is 5.66. The number of hydrogen-bond acceptors (Lipinski definition) is 1. The highest BCUT2D eigenvalue weighted by atomic mass is 35.5. The Bertz CT molecular complexity index is 398. The molecule has 0 fully saturated rings. The van der Waals surface area contributed by atoms with Crippen LogP contribution in [0.2, 0.25) is 5.02 Å². The molecule has 0 saturated carbocycles. The van der Waals surface area contributed by atoms with E-state index in [0.717, 1.165) is 31.5 Å². The topological polar surface area (TPSA) is 12.0 Å². The van der Waals surface area contributed by atoms with E-state index in [-0.39, 0.29) is 16.3 Å². The van der Waals surface area contributed by atoms with Crippen molar-refractivity contribution in [3.05, 3.63) is 34.6 Å². The van der Waals surface area contributed by atoms with E-state index < -0.39 is 0 Å². The summed E-state index contributed by atoms with van der Waals surface area (Å²) in [6.07, 6.45) is 5.71. The molecule has 0 heterocycles. The van der Waals surface area contributed by atoms with Crippen LogP contribution in [0.15, 0.2) is 18.2 Å². The zero-order valence-electron chi connectivity index (χ0n) is 12.9. The van der Waals surface area contributed by atoms with Crippen LogP contribution >= 0.6 is 11.6 Å². The molecule has 0 radical (unpaired) electrons. The largest absolute Gasteiger partial charge is 0.316 e. The van der Waals surface area contributed by atoms with Crippen LogP contribution < -0.4 is 5.32 Å². The molecule has 0 aliphatic rings. The van der Waals surface area contributed by atoms with Crippen molar-refractivity contribution in [2.24, 2.45) is 5.41 Å². The summed E-state index contributed by atoms with van der Waals surface area (Å²) < 4.78 is 13.3. The molecule has 1 N–H and O–H groups in total. The normalized spacial score (nSPS) is 14.2. The fourth-order valence-corrected chi connectivity index (χ4v) is 2.89. The average molecular weight is 300 g/mol. The van der Waals surface area contributed by atoms with Gasteiger partial charge in [-0.1, -0.05) is 51.3 Å². The molecule has 0 amide bonds. The minimum atomic E-state index is -0.335. The summed E-state index contributed by atoms with van der Waals surface area (Å²) in [5, 5.41) is 3.72. The van der Waals surface area contributed by atoms with E-state index in [0.29, 0.717) is 0 Å². The van der Waals surface area contributed by atoms with E-state index in [1.54, 1.807) is 6.07 Å². The number of unbranched alkanes of at least 4 members (excludes halogenated alkanes) is 1. The van der Waals surface area contributed by atoms with Crippen molar-refractivity contribution in [1.82, 2.24) is 5.32 Å². The molecule has 1 aromatic carbocycles. The van der Waals surface area contributed by atoms with Crippen molar-refractivity contribution in [2.45, 2.75) is 52.9 Å². The summed E-state index contributed by atoms with van der Waals surface area (Å²) in [4.78, 5) is 0. The molecule has 3 heteroatoms. The third-order valence-corrected chi connectivity index (χ3v) is 4.41. The molecule has 0 saturated heterocycles. The van der Waals surface area contributed by atoms with Gasteiger partial charge in [0, 0.05) is 6.54 Å². The van der Waals surface area contributed by atoms with Crippen molar-refractivity contribution in [1.29, 1.82) is 0 Å². The quantitative estimate of drug-likeness (QED) is 0.659. The number of hydrogen-bond donors (Lipinski definition) is 1. The lowest BCUT2D eigenvalue weighted by Gasteiger charge is -2.33. The molecule has 1 nitrogen and oxygen atoms in total. The third kappa shape index (κ3) is 5.06. The fourth-order valence-electron chi connectivity index (χ4n) is 2.69. The van der Waals surface area contributed by atoms with Gasteiger partial charge < -0.3 is 5.32 Å². The molecule has 1 unspecified atom stereocenters. The van der Waals surface area contributed by atoms with Gasteiger partial charge in [-0.15, -0.1) is 0 Å². The summed E-state index contributed by atoms with van der Waals surface area (Å²) in [5.74, 6) is -0.335. The lowest BCUT2D eigenvalue weighted by Crippen LogP contribution is -2.36. The molecule has 1 aromatic rings. The molecule has 1 atom stereocenters. The van der Waals surface area contributed by atoms with Gasteiger partial charge in [-0.25, -0.2) is 4.39 Å². The fraction of sp³-hybridized carbons (Fsp3) is 0.647. The summed E-state index contributed by atoms with van der Waals surface area (Å²) in [5.41, 5.74) is 1.37. The molecular formula is C17H27ClFN. The molecule has 1 rings (SSSR count). The molecular weight excluding hydrogens is 273 g/mol. The van der Waals surface area contributed by atoms with Crippen LogP contribution in [0.5, 0.6) is 0 Å². The zero-order chi connectivity index (χ0) is 15.0. The highest BCUT2D eigenvalue weighted by Crippen LogP contribution is 2.33. The Balaban J connectivity index is 2.87. The van der Waals surface area contributed by atoms with Gasteiger partial charge in [0.25, 0.3) is 0 Å². The van der Waals surface area contributed by atoms with Crippen LogP contribution in [0.4, 0.5) is 4.39 Å². The van der Waals surface area contributed by atoms with Gasteiger partial charge in [-0.05, 0) is 48.9 Å². The number of nitrogens with one attached hydrogen (secondary N) is 1. The predicted molar refractivity (Wildman–Crippen MR) is 85.9 cm³/mol. The van der Waals surface area contributed by atoms with Gasteiger partial charge in [0.15, 0.2) is 0 Å². The Labute approximate surface area is 127 Å². The molecule has 114 valence electrons. The minimum absolute atomic E-state index is 0.228. The Kier molecular flexibility index (Phi) is 7.53. The van der Waals surface area contributed by atoms with Crippen molar-refractivity contribution in [3.8, 4) is 0 Å². The molecule has 20 heavy (non-hydrogen) atoms. The van der Waals surface area contributed by atoms with Crippen molar-refractivity contribution in [2.75, 3.05) is 13.1 Å². The third-order valence-electron chi connectivity index (χ3n) is 4.12. The second kappa shape index (κ2) is 8.63. The number of benzene rings is 1. The van der Waals surface area contributed by atoms with Crippen molar-refractivity contribution in [3.63, 3.8) is 0 Å². The highest BCUT2D eigenvalue weighted by Gasteiger charge is 2.27. The maximum absolute atomic E-state index is 13.3. The number of rotatable bonds is 9. The van der Waals surface area contributed by atoms with Crippen molar-refractivity contribution < 1.29 is 4.39 Å². The monoisotopic (exact) mass is 299 g/mol.